The number of hydrogen-bond acceptors (Lipinski definition) is 3. The molecule has 0 bridgehead atoms. The Morgan fingerprint density at radius 3 is 1.96 bits per heavy atom. The quantitative estimate of drug-likeness (QED) is 0.179. The van der Waals surface area contributed by atoms with Crippen molar-refractivity contribution in [2.24, 2.45) is 0 Å². The fraction of sp³-hybridized carbons (Fsp3) is 0.284. The molecule has 0 fully saturated rings. The fourth-order valence-electron chi connectivity index (χ4n) is 13.4. The molecule has 2 aliphatic carbocycles. The number of benzene rings is 8. The number of anilines is 2. The smallest absolute Gasteiger partial charge is 0.198 e. The molecule has 0 saturated heterocycles. The lowest BCUT2D eigenvalue weighted by molar-refractivity contribution is 0.331. The molecule has 0 unspecified atom stereocenters. The van der Waals surface area contributed by atoms with Crippen LogP contribution in [0.25, 0.3) is 91.9 Å². The minimum absolute atomic E-state index is 0.0331. The number of furan rings is 1. The number of rotatable bonds is 3. The molecular weight excluding hydrogens is 892 g/mol. The number of para-hydroxylation sites is 1. The van der Waals surface area contributed by atoms with Crippen LogP contribution in [0.3, 0.4) is 0 Å². The van der Waals surface area contributed by atoms with E-state index in [9.17, 15) is 0 Å². The molecule has 14 rings (SSSR count). The van der Waals surface area contributed by atoms with E-state index in [1.54, 1.807) is 0 Å². The predicted molar refractivity (Wildman–Crippen MR) is 313 cm³/mol. The van der Waals surface area contributed by atoms with Crippen LogP contribution in [0.1, 0.15) is 129 Å². The van der Waals surface area contributed by atoms with E-state index in [2.05, 4.69) is 220 Å². The zero-order chi connectivity index (χ0) is 49.8. The molecule has 0 amide bonds. The summed E-state index contributed by atoms with van der Waals surface area (Å²) >= 11 is 1.91. The van der Waals surface area contributed by atoms with Crippen molar-refractivity contribution in [1.29, 1.82) is 0 Å². The molecule has 0 radical (unpaired) electrons. The molecule has 8 aromatic carbocycles. The lowest BCUT2D eigenvalue weighted by atomic mass is 9.58. The third-order valence-electron chi connectivity index (χ3n) is 17.8. The molecule has 72 heavy (non-hydrogen) atoms. The van der Waals surface area contributed by atoms with Gasteiger partial charge in [0.25, 0.3) is 0 Å². The van der Waals surface area contributed by atoms with E-state index in [0.717, 1.165) is 35.2 Å². The number of thiophene rings is 1. The summed E-state index contributed by atoms with van der Waals surface area (Å²) in [5.74, 6) is 0. The van der Waals surface area contributed by atoms with Crippen molar-refractivity contribution in [2.75, 3.05) is 5.32 Å². The monoisotopic (exact) mass is 954 g/mol. The van der Waals surface area contributed by atoms with Crippen LogP contribution in [0.2, 0.25) is 0 Å². The van der Waals surface area contributed by atoms with Crippen molar-refractivity contribution >= 4 is 105 Å². The fourth-order valence-corrected chi connectivity index (χ4v) is 14.6. The lowest BCUT2D eigenvalue weighted by Gasteiger charge is -2.42. The van der Waals surface area contributed by atoms with Crippen LogP contribution in [-0.2, 0) is 27.1 Å². The number of nitrogens with zero attached hydrogens (tertiary/aromatic N) is 1. The third kappa shape index (κ3) is 6.10. The Bertz CT molecular complexity index is 4190. The van der Waals surface area contributed by atoms with Gasteiger partial charge in [-0.05, 0) is 151 Å². The molecule has 0 spiro atoms. The van der Waals surface area contributed by atoms with E-state index in [-0.39, 0.29) is 27.1 Å². The summed E-state index contributed by atoms with van der Waals surface area (Å²) in [7, 11) is 0.770. The van der Waals surface area contributed by atoms with Gasteiger partial charge in [-0.3, -0.25) is 0 Å². The largest absolute Gasteiger partial charge is 0.455 e. The van der Waals surface area contributed by atoms with Gasteiger partial charge in [-0.25, -0.2) is 0 Å². The zero-order valence-electron chi connectivity index (χ0n) is 44.0. The van der Waals surface area contributed by atoms with E-state index >= 15 is 0 Å². The molecule has 3 aliphatic rings. The topological polar surface area (TPSA) is 30.1 Å². The van der Waals surface area contributed by atoms with E-state index in [1.807, 2.05) is 11.3 Å². The van der Waals surface area contributed by atoms with Crippen LogP contribution in [-0.4, -0.2) is 11.8 Å². The maximum Gasteiger partial charge on any atom is 0.198 e. The van der Waals surface area contributed by atoms with Crippen molar-refractivity contribution < 1.29 is 4.42 Å². The maximum atomic E-state index is 7.45. The van der Waals surface area contributed by atoms with Crippen LogP contribution >= 0.6 is 11.3 Å². The van der Waals surface area contributed by atoms with Crippen LogP contribution in [0.4, 0.5) is 11.4 Å². The van der Waals surface area contributed by atoms with Crippen LogP contribution in [0, 0.1) is 0 Å². The summed E-state index contributed by atoms with van der Waals surface area (Å²) in [5.41, 5.74) is 24.0. The molecule has 0 atom stereocenters. The SMILES string of the molecule is CC(C)(C)c1ccc(Nc2cc3c(cc2-c2c4c5c(c6cc(C(C)(C)C)ccc6n5-c5cc6sc7ccccc7c6cc5B4)c4c2oc2ccccc24)-c2cc4c(cc2C3(C)C)C(C)(C)CCC4(C)C)cc1. The predicted octanol–water partition coefficient (Wildman–Crippen LogP) is 17.4. The number of fused-ring (bicyclic) bond motifs is 16. The lowest BCUT2D eigenvalue weighted by Crippen LogP contribution is -2.37. The molecule has 1 aliphatic heterocycles. The second-order valence-electron chi connectivity index (χ2n) is 25.7. The van der Waals surface area contributed by atoms with Gasteiger partial charge in [0, 0.05) is 69.9 Å². The first kappa shape index (κ1) is 44.2. The minimum Gasteiger partial charge on any atom is -0.455 e. The Morgan fingerprint density at radius 1 is 0.569 bits per heavy atom. The minimum atomic E-state index is -0.222. The standard InChI is InChI=1S/C67H63BN2OS/c1-63(2,3)36-21-24-38(25-22-36)69-51-34-47-41(42-31-48-49(33-46(42)67(47,11)12)66(9,10)28-27-65(48,7)8)30-44(51)59-60-61-57(58-40-18-13-15-19-54(40)71-62(58)59)45-29-37(64(4,5)6)23-26-52(45)70(61)53-35-56-43(32-50(53)68-60)39-17-14-16-20-55(39)72-56/h13-26,29-35,68-69H,27-28H2,1-12H3. The summed E-state index contributed by atoms with van der Waals surface area (Å²) in [5, 5.41) is 11.7. The molecular formula is C67H63BN2OS. The van der Waals surface area contributed by atoms with E-state index < -0.39 is 0 Å². The molecule has 3 aromatic heterocycles. The van der Waals surface area contributed by atoms with Gasteiger partial charge in [0.2, 0.25) is 0 Å². The summed E-state index contributed by atoms with van der Waals surface area (Å²) in [6.45, 7) is 28.6. The first-order valence-corrected chi connectivity index (χ1v) is 27.1. The van der Waals surface area contributed by atoms with E-state index in [1.165, 1.54) is 132 Å². The Labute approximate surface area is 428 Å². The summed E-state index contributed by atoms with van der Waals surface area (Å²) in [6, 6.07) is 49.5. The van der Waals surface area contributed by atoms with Gasteiger partial charge >= 0.3 is 0 Å². The zero-order valence-corrected chi connectivity index (χ0v) is 44.8. The van der Waals surface area contributed by atoms with E-state index in [4.69, 9.17) is 4.42 Å². The second kappa shape index (κ2) is 14.4. The molecule has 0 saturated carbocycles. The normalized spacial score (nSPS) is 16.4. The van der Waals surface area contributed by atoms with E-state index in [0.29, 0.717) is 0 Å². The Morgan fingerprint density at radius 2 is 1.22 bits per heavy atom. The van der Waals surface area contributed by atoms with Gasteiger partial charge < -0.3 is 14.3 Å². The summed E-state index contributed by atoms with van der Waals surface area (Å²) in [4.78, 5) is 0. The van der Waals surface area contributed by atoms with Crippen molar-refractivity contribution in [1.82, 2.24) is 4.57 Å². The van der Waals surface area contributed by atoms with Gasteiger partial charge in [-0.1, -0.05) is 155 Å². The maximum absolute atomic E-state index is 7.45. The Hall–Kier alpha value is -6.56. The molecule has 1 N–H and O–H groups in total. The van der Waals surface area contributed by atoms with Crippen molar-refractivity contribution in [3.63, 3.8) is 0 Å². The number of aromatic nitrogens is 1. The second-order valence-corrected chi connectivity index (χ2v) is 26.8. The summed E-state index contributed by atoms with van der Waals surface area (Å²) < 4.78 is 12.7. The Balaban J connectivity index is 1.14. The highest BCUT2D eigenvalue weighted by atomic mass is 32.1. The third-order valence-corrected chi connectivity index (χ3v) is 18.9. The summed E-state index contributed by atoms with van der Waals surface area (Å²) in [6.07, 6.45) is 2.37. The number of hydrogen-bond donors (Lipinski definition) is 1. The van der Waals surface area contributed by atoms with Crippen molar-refractivity contribution in [2.45, 2.75) is 123 Å². The molecule has 5 heteroatoms. The number of nitrogens with one attached hydrogen (secondary N) is 1. The van der Waals surface area contributed by atoms with Crippen molar-refractivity contribution in [3.05, 3.63) is 161 Å². The van der Waals surface area contributed by atoms with Gasteiger partial charge in [-0.15, -0.1) is 11.3 Å². The molecule has 356 valence electrons. The van der Waals surface area contributed by atoms with Crippen LogP contribution in [0.5, 0.6) is 0 Å². The van der Waals surface area contributed by atoms with Gasteiger partial charge in [0.1, 0.15) is 11.2 Å². The molecule has 3 nitrogen and oxygen atoms in total. The van der Waals surface area contributed by atoms with Gasteiger partial charge in [0.15, 0.2) is 7.28 Å². The average Bonchev–Trinajstić information content (AvgIpc) is 4.06. The highest BCUT2D eigenvalue weighted by Crippen LogP contribution is 2.57. The van der Waals surface area contributed by atoms with Crippen LogP contribution in [0.15, 0.2) is 132 Å². The molecule has 4 heterocycles. The van der Waals surface area contributed by atoms with Gasteiger partial charge in [-0.2, -0.15) is 0 Å². The highest BCUT2D eigenvalue weighted by Gasteiger charge is 2.44. The van der Waals surface area contributed by atoms with Gasteiger partial charge in [0.05, 0.1) is 11.0 Å². The van der Waals surface area contributed by atoms with Crippen LogP contribution < -0.4 is 16.2 Å². The molecule has 11 aromatic rings. The Kier molecular flexibility index (Phi) is 8.80. The highest BCUT2D eigenvalue weighted by molar-refractivity contribution is 7.25. The average molecular weight is 955 g/mol. The first-order valence-electron chi connectivity index (χ1n) is 26.3. The van der Waals surface area contributed by atoms with Crippen molar-refractivity contribution in [3.8, 4) is 27.9 Å². The first-order chi connectivity index (χ1) is 34.2.